The van der Waals surface area contributed by atoms with Crippen LogP contribution in [0.5, 0.6) is 0 Å². The quantitative estimate of drug-likeness (QED) is 0.626. The lowest BCUT2D eigenvalue weighted by atomic mass is 9.82. The van der Waals surface area contributed by atoms with Crippen LogP contribution >= 0.6 is 0 Å². The summed E-state index contributed by atoms with van der Waals surface area (Å²) < 4.78 is 27.8. The fourth-order valence-electron chi connectivity index (χ4n) is 2.06. The number of hydrogen-bond donors (Lipinski definition) is 0. The van der Waals surface area contributed by atoms with Gasteiger partial charge in [0, 0.05) is 19.0 Å². The average molecular weight is 205 g/mol. The van der Waals surface area contributed by atoms with Crippen molar-refractivity contribution in [3.05, 3.63) is 0 Å². The minimum absolute atomic E-state index is 0.0306. The summed E-state index contributed by atoms with van der Waals surface area (Å²) in [5, 5.41) is 0. The van der Waals surface area contributed by atoms with Crippen molar-refractivity contribution in [2.24, 2.45) is 5.92 Å². The predicted octanol–water partition coefficient (Wildman–Crippen LogP) is 3.15. The third-order valence-electron chi connectivity index (χ3n) is 3.35. The molecule has 0 N–H and O–H groups in total. The second-order valence-corrected chi connectivity index (χ2v) is 4.91. The summed E-state index contributed by atoms with van der Waals surface area (Å²) in [5.74, 6) is -0.0879. The molecular weight excluding hydrogens is 184 g/mol. The van der Waals surface area contributed by atoms with E-state index >= 15 is 0 Å². The number of rotatable bonds is 2. The second-order valence-electron chi connectivity index (χ2n) is 4.91. The highest BCUT2D eigenvalue weighted by molar-refractivity contribution is 4.91. The molecule has 0 bridgehead atoms. The smallest absolute Gasteiger partial charge is 0.156 e. The van der Waals surface area contributed by atoms with Gasteiger partial charge < -0.3 is 0 Å². The number of piperidine rings is 1. The van der Waals surface area contributed by atoms with Crippen LogP contribution < -0.4 is 0 Å². The molecule has 0 aliphatic carbocycles. The minimum Gasteiger partial charge on any atom is -0.271 e. The van der Waals surface area contributed by atoms with Crippen molar-refractivity contribution in [1.29, 1.82) is 0 Å². The normalized spacial score (nSPS) is 35.6. The number of alkyl halides is 2. The third kappa shape index (κ3) is 2.25. The molecule has 84 valence electrons. The van der Waals surface area contributed by atoms with E-state index in [1.54, 1.807) is 4.90 Å². The molecule has 14 heavy (non-hydrogen) atoms. The van der Waals surface area contributed by atoms with Crippen molar-refractivity contribution in [2.75, 3.05) is 6.54 Å². The molecular formula is C11H21F2N. The van der Waals surface area contributed by atoms with Crippen LogP contribution in [0.1, 0.15) is 40.5 Å². The van der Waals surface area contributed by atoms with Gasteiger partial charge in [0.05, 0.1) is 0 Å². The Balaban J connectivity index is 2.63. The van der Waals surface area contributed by atoms with E-state index in [4.69, 9.17) is 0 Å². The summed E-state index contributed by atoms with van der Waals surface area (Å²) in [7, 11) is 0. The standard InChI is InChI=1S/C11H21F2N/c1-8(2)11(13)5-6-14(9(3)4)10(12)7-11/h8-10H,5-7H2,1-4H3. The van der Waals surface area contributed by atoms with Gasteiger partial charge in [-0.2, -0.15) is 0 Å². The molecule has 0 spiro atoms. The summed E-state index contributed by atoms with van der Waals surface area (Å²) in [6, 6.07) is 0.168. The van der Waals surface area contributed by atoms with Gasteiger partial charge in [0.25, 0.3) is 0 Å². The lowest BCUT2D eigenvalue weighted by Crippen LogP contribution is -2.51. The summed E-state index contributed by atoms with van der Waals surface area (Å²) in [4.78, 5) is 1.74. The monoisotopic (exact) mass is 205 g/mol. The molecule has 0 aromatic heterocycles. The van der Waals surface area contributed by atoms with E-state index in [-0.39, 0.29) is 18.4 Å². The summed E-state index contributed by atoms with van der Waals surface area (Å²) in [6.07, 6.45) is -0.622. The Hall–Kier alpha value is -0.180. The zero-order valence-electron chi connectivity index (χ0n) is 9.56. The van der Waals surface area contributed by atoms with Crippen LogP contribution in [0.15, 0.2) is 0 Å². The topological polar surface area (TPSA) is 3.24 Å². The van der Waals surface area contributed by atoms with Gasteiger partial charge in [-0.1, -0.05) is 13.8 Å². The molecule has 2 atom stereocenters. The van der Waals surface area contributed by atoms with Crippen LogP contribution in [0.4, 0.5) is 8.78 Å². The molecule has 0 aromatic rings. The van der Waals surface area contributed by atoms with Gasteiger partial charge in [-0.3, -0.25) is 4.90 Å². The van der Waals surface area contributed by atoms with E-state index in [1.807, 2.05) is 27.7 Å². The molecule has 0 amide bonds. The maximum atomic E-state index is 14.1. The first kappa shape index (κ1) is 11.9. The van der Waals surface area contributed by atoms with Gasteiger partial charge in [-0.25, -0.2) is 8.78 Å². The molecule has 3 heteroatoms. The molecule has 2 unspecified atom stereocenters. The van der Waals surface area contributed by atoms with Gasteiger partial charge in [-0.15, -0.1) is 0 Å². The minimum atomic E-state index is -1.30. The van der Waals surface area contributed by atoms with Crippen molar-refractivity contribution < 1.29 is 8.78 Å². The maximum Gasteiger partial charge on any atom is 0.156 e. The summed E-state index contributed by atoms with van der Waals surface area (Å²) >= 11 is 0. The molecule has 0 aromatic carbocycles. The molecule has 1 rings (SSSR count). The van der Waals surface area contributed by atoms with Crippen LogP contribution in [0.3, 0.4) is 0 Å². The summed E-state index contributed by atoms with van der Waals surface area (Å²) in [5.41, 5.74) is -1.30. The Morgan fingerprint density at radius 1 is 1.29 bits per heavy atom. The molecule has 1 aliphatic heterocycles. The zero-order valence-corrected chi connectivity index (χ0v) is 9.56. The molecule has 1 saturated heterocycles. The van der Waals surface area contributed by atoms with Crippen LogP contribution in [0, 0.1) is 5.92 Å². The van der Waals surface area contributed by atoms with Crippen LogP contribution in [-0.4, -0.2) is 29.5 Å². The molecule has 0 saturated carbocycles. The molecule has 1 aliphatic rings. The van der Waals surface area contributed by atoms with Gasteiger partial charge in [0.15, 0.2) is 6.30 Å². The molecule has 1 heterocycles. The summed E-state index contributed by atoms with van der Waals surface area (Å²) in [6.45, 7) is 8.10. The van der Waals surface area contributed by atoms with Crippen LogP contribution in [0.2, 0.25) is 0 Å². The largest absolute Gasteiger partial charge is 0.271 e. The Morgan fingerprint density at radius 2 is 1.86 bits per heavy atom. The number of likely N-dealkylation sites (tertiary alicyclic amines) is 1. The van der Waals surface area contributed by atoms with Gasteiger partial charge >= 0.3 is 0 Å². The van der Waals surface area contributed by atoms with E-state index in [0.717, 1.165) is 0 Å². The number of halogens is 2. The SMILES string of the molecule is CC(C)N1CCC(F)(C(C)C)CC1F. The van der Waals surface area contributed by atoms with E-state index < -0.39 is 12.0 Å². The van der Waals surface area contributed by atoms with E-state index in [2.05, 4.69) is 0 Å². The van der Waals surface area contributed by atoms with Crippen molar-refractivity contribution in [3.63, 3.8) is 0 Å². The van der Waals surface area contributed by atoms with Crippen molar-refractivity contribution in [2.45, 2.75) is 58.5 Å². The van der Waals surface area contributed by atoms with E-state index in [1.165, 1.54) is 0 Å². The molecule has 1 fully saturated rings. The number of nitrogens with zero attached hydrogens (tertiary/aromatic N) is 1. The Labute approximate surface area is 85.5 Å². The highest BCUT2D eigenvalue weighted by Crippen LogP contribution is 2.37. The van der Waals surface area contributed by atoms with E-state index in [0.29, 0.717) is 13.0 Å². The Bertz CT molecular complexity index is 194. The fourth-order valence-corrected chi connectivity index (χ4v) is 2.06. The maximum absolute atomic E-state index is 14.1. The second kappa shape index (κ2) is 4.13. The Morgan fingerprint density at radius 3 is 2.21 bits per heavy atom. The van der Waals surface area contributed by atoms with Gasteiger partial charge in [0.1, 0.15) is 5.67 Å². The van der Waals surface area contributed by atoms with Gasteiger partial charge in [0.2, 0.25) is 0 Å². The van der Waals surface area contributed by atoms with Crippen molar-refractivity contribution in [3.8, 4) is 0 Å². The van der Waals surface area contributed by atoms with Crippen LogP contribution in [0.25, 0.3) is 0 Å². The molecule has 0 radical (unpaired) electrons. The first-order chi connectivity index (χ1) is 6.37. The highest BCUT2D eigenvalue weighted by atomic mass is 19.2. The first-order valence-electron chi connectivity index (χ1n) is 5.45. The van der Waals surface area contributed by atoms with E-state index in [9.17, 15) is 8.78 Å². The lowest BCUT2D eigenvalue weighted by Gasteiger charge is -2.42. The Kier molecular flexibility index (Phi) is 3.51. The average Bonchev–Trinajstić information content (AvgIpc) is 2.02. The van der Waals surface area contributed by atoms with Crippen molar-refractivity contribution >= 4 is 0 Å². The van der Waals surface area contributed by atoms with Crippen molar-refractivity contribution in [1.82, 2.24) is 4.90 Å². The van der Waals surface area contributed by atoms with Gasteiger partial charge in [-0.05, 0) is 26.2 Å². The lowest BCUT2D eigenvalue weighted by molar-refractivity contribution is -0.0715. The van der Waals surface area contributed by atoms with Crippen LogP contribution in [-0.2, 0) is 0 Å². The highest BCUT2D eigenvalue weighted by Gasteiger charge is 2.43. The number of hydrogen-bond acceptors (Lipinski definition) is 1. The first-order valence-corrected chi connectivity index (χ1v) is 5.45. The zero-order chi connectivity index (χ0) is 10.9. The predicted molar refractivity (Wildman–Crippen MR) is 54.6 cm³/mol. The molecule has 1 nitrogen and oxygen atoms in total. The third-order valence-corrected chi connectivity index (χ3v) is 3.35. The fraction of sp³-hybridized carbons (Fsp3) is 1.00.